The number of halogens is 2. The molecule has 3 aromatic rings. The summed E-state index contributed by atoms with van der Waals surface area (Å²) < 4.78 is 33.8. The minimum atomic E-state index is -2.88. The van der Waals surface area contributed by atoms with Crippen molar-refractivity contribution in [3.63, 3.8) is 0 Å². The fourth-order valence-electron chi connectivity index (χ4n) is 10.4. The van der Waals surface area contributed by atoms with Gasteiger partial charge in [0.15, 0.2) is 5.78 Å². The molecule has 3 atom stereocenters. The summed E-state index contributed by atoms with van der Waals surface area (Å²) in [6.07, 6.45) is 7.42. The number of nitrogens with zero attached hydrogens (tertiary/aromatic N) is 10. The molecule has 8 N–H and O–H groups in total. The highest BCUT2D eigenvalue weighted by molar-refractivity contribution is 6.07. The van der Waals surface area contributed by atoms with Crippen molar-refractivity contribution >= 4 is 71.0 Å². The summed E-state index contributed by atoms with van der Waals surface area (Å²) in [5, 5.41) is 47.7. The third-order valence-corrected chi connectivity index (χ3v) is 15.1. The lowest BCUT2D eigenvalue weighted by molar-refractivity contribution is -0.140. The van der Waals surface area contributed by atoms with Crippen LogP contribution >= 0.6 is 0 Å². The van der Waals surface area contributed by atoms with Gasteiger partial charge in [-0.05, 0) is 62.1 Å². The summed E-state index contributed by atoms with van der Waals surface area (Å²) in [7, 11) is 0. The molecule has 2 aliphatic heterocycles. The number of pyridine rings is 1. The topological polar surface area (TPSA) is 319 Å². The first-order valence-electron chi connectivity index (χ1n) is 29.2. The smallest absolute Gasteiger partial charge is 0.317 e. The van der Waals surface area contributed by atoms with Crippen molar-refractivity contribution in [3.8, 4) is 5.75 Å². The molecular weight excluding hydrogens is 1120 g/mol. The van der Waals surface area contributed by atoms with Gasteiger partial charge in [-0.25, -0.2) is 8.78 Å². The Morgan fingerprint density at radius 2 is 1.34 bits per heavy atom. The van der Waals surface area contributed by atoms with Crippen molar-refractivity contribution in [2.45, 2.75) is 64.3 Å². The molecule has 2 unspecified atom stereocenters. The van der Waals surface area contributed by atoms with Crippen LogP contribution in [0, 0.1) is 18.8 Å². The Bertz CT molecular complexity index is 2770. The number of carbonyl (C=O) groups excluding carboxylic acids is 4. The van der Waals surface area contributed by atoms with E-state index in [4.69, 9.17) is 4.74 Å². The molecule has 3 fully saturated rings. The Balaban J connectivity index is 0.939. The van der Waals surface area contributed by atoms with Crippen molar-refractivity contribution < 1.29 is 62.4 Å². The normalized spacial score (nSPS) is 19.2. The maximum Gasteiger partial charge on any atom is 0.317 e. The van der Waals surface area contributed by atoms with E-state index in [0.717, 1.165) is 30.5 Å². The monoisotopic (exact) mass is 1200 g/mol. The van der Waals surface area contributed by atoms with Crippen LogP contribution in [0.4, 0.5) is 8.78 Å². The summed E-state index contributed by atoms with van der Waals surface area (Å²) in [5.74, 6) is -8.09. The van der Waals surface area contributed by atoms with Gasteiger partial charge >= 0.3 is 17.9 Å². The number of hydrogen-bond donors (Lipinski definition) is 8. The number of aromatic nitrogens is 1. The minimum Gasteiger partial charge on any atom is -0.494 e. The van der Waals surface area contributed by atoms with Gasteiger partial charge in [0.1, 0.15) is 12.4 Å². The summed E-state index contributed by atoms with van der Waals surface area (Å²) in [5.41, 5.74) is 11.6. The van der Waals surface area contributed by atoms with Crippen LogP contribution in [-0.4, -0.2) is 259 Å². The quantitative estimate of drug-likeness (QED) is 0.0195. The number of nitrogens with one attached hydrogen (secondary N) is 5. The van der Waals surface area contributed by atoms with Crippen LogP contribution in [0.15, 0.2) is 70.0 Å². The van der Waals surface area contributed by atoms with E-state index in [1.165, 1.54) is 12.4 Å². The number of piperazine rings is 1. The first-order valence-corrected chi connectivity index (χ1v) is 29.2. The van der Waals surface area contributed by atoms with Gasteiger partial charge in [0.05, 0.1) is 62.7 Å². The fraction of sp³-hybridized carbons (Fsp3) is 0.569. The summed E-state index contributed by atoms with van der Waals surface area (Å²) in [6.45, 7) is 8.51. The molecule has 2 saturated heterocycles. The summed E-state index contributed by atoms with van der Waals surface area (Å²) >= 11 is 0. The van der Waals surface area contributed by atoms with E-state index in [9.17, 15) is 57.7 Å². The number of hydrogen-bond acceptors (Lipinski definition) is 20. The van der Waals surface area contributed by atoms with Crippen LogP contribution in [0.3, 0.4) is 0 Å². The van der Waals surface area contributed by atoms with E-state index in [0.29, 0.717) is 55.0 Å². The molecule has 3 heterocycles. The van der Waals surface area contributed by atoms with E-state index in [1.807, 2.05) is 41.0 Å². The van der Waals surface area contributed by atoms with Crippen molar-refractivity contribution in [2.24, 2.45) is 27.1 Å². The number of ketones is 1. The Labute approximate surface area is 499 Å². The minimum absolute atomic E-state index is 0.0288. The first-order chi connectivity index (χ1) is 41.3. The molecule has 3 amide bonds. The molecule has 2 aromatic carbocycles. The highest BCUT2D eigenvalue weighted by Gasteiger charge is 2.47. The number of hydrazone groups is 3. The van der Waals surface area contributed by atoms with Crippen LogP contribution in [-0.2, 0) is 28.8 Å². The first kappa shape index (κ1) is 67.3. The van der Waals surface area contributed by atoms with Gasteiger partial charge in [-0.2, -0.15) is 15.3 Å². The fourth-order valence-corrected chi connectivity index (χ4v) is 10.4. The van der Waals surface area contributed by atoms with Gasteiger partial charge in [-0.3, -0.25) is 73.9 Å². The standard InChI is InChI=1S/C58H83F2N15O11/c1-42-5-7-44(8-6-42)34-65-68-41-67-64-15-11-45(69-52(77)37-71-18-20-72(38-54(79)80)22-24-74(40-56(83)84)25-23-73(21-19-71)39-55(81)82)35-66-63-16-13-53(78)75-28-26-70(27-29-75)17-3-4-30-86-46-9-10-50-48(31-46)47(12-14-61-50)57(85)62-36-51(76)49-33-58(59,60)32-43(49)2/h5-10,12,14-15,31,34-35,43,45,49,63,67-68H,3-4,11,13,16-30,32-33,36-41H2,1-2H3,(H,62,85)(H,69,77)(H,79,80)(H,81,82)(H,83,84)/b64-15+,65-34+,66-35-/t43-,45?,49?/m0/s1. The van der Waals surface area contributed by atoms with Crippen molar-refractivity contribution in [3.05, 3.63) is 71.4 Å². The number of carboxylic acids is 3. The number of fused-ring (bicyclic) bond motifs is 1. The molecule has 470 valence electrons. The second-order valence-electron chi connectivity index (χ2n) is 21.9. The molecule has 26 nitrogen and oxygen atoms in total. The number of alkyl halides is 2. The third kappa shape index (κ3) is 24.3. The van der Waals surface area contributed by atoms with E-state index in [2.05, 4.69) is 52.1 Å². The van der Waals surface area contributed by atoms with Crippen molar-refractivity contribution in [2.75, 3.05) is 138 Å². The Morgan fingerprint density at radius 1 is 0.733 bits per heavy atom. The molecule has 28 heteroatoms. The lowest BCUT2D eigenvalue weighted by Gasteiger charge is -2.34. The lowest BCUT2D eigenvalue weighted by atomic mass is 9.93. The zero-order valence-corrected chi connectivity index (χ0v) is 49.1. The number of Topliss-reactive ketones (excluding diaryl/α,β-unsaturated/α-hetero) is 1. The highest BCUT2D eigenvalue weighted by Crippen LogP contribution is 2.43. The zero-order chi connectivity index (χ0) is 61.8. The van der Waals surface area contributed by atoms with Gasteiger partial charge < -0.3 is 41.0 Å². The molecular formula is C58H83F2N15O11. The molecule has 6 rings (SSSR count). The van der Waals surface area contributed by atoms with Crippen LogP contribution in [0.25, 0.3) is 10.9 Å². The third-order valence-electron chi connectivity index (χ3n) is 15.1. The van der Waals surface area contributed by atoms with Crippen LogP contribution in [0.2, 0.25) is 0 Å². The molecule has 0 radical (unpaired) electrons. The van der Waals surface area contributed by atoms with Gasteiger partial charge in [0, 0.05) is 141 Å². The van der Waals surface area contributed by atoms with Crippen LogP contribution in [0.5, 0.6) is 5.75 Å². The number of rotatable bonds is 31. The second kappa shape index (κ2) is 35.0. The lowest BCUT2D eigenvalue weighted by Crippen LogP contribution is -2.50. The molecule has 1 saturated carbocycles. The molecule has 0 bridgehead atoms. The van der Waals surface area contributed by atoms with Crippen molar-refractivity contribution in [1.82, 2.24) is 61.3 Å². The number of unbranched alkanes of at least 4 members (excludes halogenated alkanes) is 1. The molecule has 3 aliphatic rings. The number of carboxylic acid groups (broad SMARTS) is 3. The SMILES string of the molecule is Cc1ccc(/C=N/NCN/N=C/CC(/C=N\NCCC(=O)N2CCN(CCCCOc3ccc4nccc(C(=O)NCC(=O)C5CC(F)(F)C[C@@H]5C)c4c3)CC2)NC(=O)CN2CCN(CC(=O)O)CCN(CC(=O)O)CCN(CC(=O)O)CC2)cc1. The highest BCUT2D eigenvalue weighted by atomic mass is 19.3. The Hall–Kier alpha value is -7.79. The predicted octanol–water partition coefficient (Wildman–Crippen LogP) is 1.30. The molecule has 1 aromatic heterocycles. The van der Waals surface area contributed by atoms with Crippen LogP contribution in [0.1, 0.15) is 66.9 Å². The van der Waals surface area contributed by atoms with E-state index >= 15 is 0 Å². The largest absolute Gasteiger partial charge is 0.494 e. The molecule has 1 aliphatic carbocycles. The number of carbonyl (C=O) groups is 7. The van der Waals surface area contributed by atoms with Gasteiger partial charge in [0.2, 0.25) is 17.7 Å². The average molecular weight is 1200 g/mol. The Morgan fingerprint density at radius 3 is 1.94 bits per heavy atom. The Kier molecular flexibility index (Phi) is 27.4. The maximum atomic E-state index is 13.9. The molecule has 0 spiro atoms. The summed E-state index contributed by atoms with van der Waals surface area (Å²) in [4.78, 5) is 103. The number of aryl methyl sites for hydroxylation is 1. The van der Waals surface area contributed by atoms with Crippen molar-refractivity contribution in [1.29, 1.82) is 0 Å². The van der Waals surface area contributed by atoms with Crippen LogP contribution < -0.4 is 31.6 Å². The van der Waals surface area contributed by atoms with E-state index in [-0.39, 0.29) is 129 Å². The maximum absolute atomic E-state index is 13.9. The second-order valence-corrected chi connectivity index (χ2v) is 21.9. The number of aliphatic carboxylic acids is 3. The number of benzene rings is 2. The number of amides is 3. The number of ether oxygens (including phenoxy) is 1. The predicted molar refractivity (Wildman–Crippen MR) is 318 cm³/mol. The van der Waals surface area contributed by atoms with E-state index < -0.39 is 59.8 Å². The van der Waals surface area contributed by atoms with E-state index in [1.54, 1.807) is 58.3 Å². The zero-order valence-electron chi connectivity index (χ0n) is 49.1. The van der Waals surface area contributed by atoms with Gasteiger partial charge in [-0.15, -0.1) is 0 Å². The molecule has 86 heavy (non-hydrogen) atoms. The van der Waals surface area contributed by atoms with Gasteiger partial charge in [0.25, 0.3) is 5.91 Å². The van der Waals surface area contributed by atoms with Gasteiger partial charge in [-0.1, -0.05) is 36.8 Å². The summed E-state index contributed by atoms with van der Waals surface area (Å²) in [6, 6.07) is 14.0. The average Bonchev–Trinajstić information content (AvgIpc) is 3.31.